The predicted octanol–water partition coefficient (Wildman–Crippen LogP) is 3.25. The molecule has 0 bridgehead atoms. The number of benzene rings is 1. The molecule has 1 fully saturated rings. The zero-order valence-electron chi connectivity index (χ0n) is 9.83. The fraction of sp³-hybridized carbons (Fsp3) is 0.462. The summed E-state index contributed by atoms with van der Waals surface area (Å²) in [5, 5.41) is 12.3. The van der Waals surface area contributed by atoms with Gasteiger partial charge in [-0.05, 0) is 31.0 Å². The van der Waals surface area contributed by atoms with Gasteiger partial charge in [-0.1, -0.05) is 28.8 Å². The number of halogens is 2. The quantitative estimate of drug-likeness (QED) is 0.896. The summed E-state index contributed by atoms with van der Waals surface area (Å²) in [5.41, 5.74) is 0.184. The highest BCUT2D eigenvalue weighted by Crippen LogP contribution is 2.26. The fourth-order valence-electron chi connectivity index (χ4n) is 2.36. The van der Waals surface area contributed by atoms with Crippen molar-refractivity contribution in [3.63, 3.8) is 0 Å². The zero-order valence-corrected chi connectivity index (χ0v) is 11.4. The summed E-state index contributed by atoms with van der Waals surface area (Å²) in [6, 6.07) is 3.56. The van der Waals surface area contributed by atoms with Crippen LogP contribution in [0.3, 0.4) is 0 Å². The Morgan fingerprint density at radius 3 is 2.72 bits per heavy atom. The summed E-state index contributed by atoms with van der Waals surface area (Å²) in [6.45, 7) is 0. The Balaban J connectivity index is 2.23. The van der Waals surface area contributed by atoms with E-state index in [9.17, 15) is 14.3 Å². The molecule has 1 aliphatic rings. The molecule has 1 aromatic rings. The molecule has 18 heavy (non-hydrogen) atoms. The summed E-state index contributed by atoms with van der Waals surface area (Å²) >= 11 is 3.24. The molecule has 0 heterocycles. The fourth-order valence-corrected chi connectivity index (χ4v) is 2.74. The van der Waals surface area contributed by atoms with Gasteiger partial charge in [0, 0.05) is 16.1 Å². The van der Waals surface area contributed by atoms with E-state index in [-0.39, 0.29) is 11.6 Å². The lowest BCUT2D eigenvalue weighted by Crippen LogP contribution is -2.36. The average molecular weight is 316 g/mol. The Bertz CT molecular complexity index is 447. The van der Waals surface area contributed by atoms with Gasteiger partial charge in [-0.25, -0.2) is 4.39 Å². The molecule has 1 atom stereocenters. The van der Waals surface area contributed by atoms with Crippen LogP contribution in [0.4, 0.5) is 4.39 Å². The van der Waals surface area contributed by atoms with Crippen LogP contribution in [-0.2, 0) is 4.79 Å². The number of carboxylic acids is 1. The Kier molecular flexibility index (Phi) is 4.35. The van der Waals surface area contributed by atoms with Gasteiger partial charge in [-0.15, -0.1) is 0 Å². The molecule has 98 valence electrons. The second kappa shape index (κ2) is 5.80. The third-order valence-corrected chi connectivity index (χ3v) is 3.77. The van der Waals surface area contributed by atoms with Gasteiger partial charge in [0.1, 0.15) is 11.9 Å². The third kappa shape index (κ3) is 3.09. The molecular weight excluding hydrogens is 301 g/mol. The Hall–Kier alpha value is -0.940. The molecule has 1 saturated carbocycles. The van der Waals surface area contributed by atoms with Crippen LogP contribution in [0.25, 0.3) is 0 Å². The molecule has 0 aromatic heterocycles. The number of carbonyl (C=O) groups is 1. The average Bonchev–Trinajstić information content (AvgIpc) is 2.82. The summed E-state index contributed by atoms with van der Waals surface area (Å²) in [6.07, 6.45) is 4.12. The van der Waals surface area contributed by atoms with Crippen LogP contribution < -0.4 is 5.32 Å². The highest BCUT2D eigenvalue weighted by Gasteiger charge is 2.27. The largest absolute Gasteiger partial charge is 0.480 e. The van der Waals surface area contributed by atoms with Crippen molar-refractivity contribution in [3.8, 4) is 0 Å². The van der Waals surface area contributed by atoms with Gasteiger partial charge in [-0.2, -0.15) is 0 Å². The zero-order chi connectivity index (χ0) is 13.1. The molecule has 2 rings (SSSR count). The minimum absolute atomic E-state index is 0.171. The summed E-state index contributed by atoms with van der Waals surface area (Å²) < 4.78 is 14.4. The molecule has 0 spiro atoms. The first-order valence-electron chi connectivity index (χ1n) is 6.01. The second-order valence-electron chi connectivity index (χ2n) is 4.59. The number of hydrogen-bond acceptors (Lipinski definition) is 2. The van der Waals surface area contributed by atoms with Crippen LogP contribution in [0.15, 0.2) is 22.7 Å². The lowest BCUT2D eigenvalue weighted by molar-refractivity contribution is -0.140. The van der Waals surface area contributed by atoms with E-state index in [0.717, 1.165) is 25.7 Å². The lowest BCUT2D eigenvalue weighted by atomic mass is 10.0. The minimum atomic E-state index is -1.04. The van der Waals surface area contributed by atoms with Gasteiger partial charge >= 0.3 is 5.97 Å². The molecule has 2 N–H and O–H groups in total. The maximum atomic E-state index is 13.7. The van der Waals surface area contributed by atoms with E-state index in [1.807, 2.05) is 0 Å². The molecule has 0 saturated heterocycles. The highest BCUT2D eigenvalue weighted by atomic mass is 79.9. The predicted molar refractivity (Wildman–Crippen MR) is 69.9 cm³/mol. The van der Waals surface area contributed by atoms with Gasteiger partial charge < -0.3 is 5.11 Å². The number of hydrogen-bond donors (Lipinski definition) is 2. The van der Waals surface area contributed by atoms with E-state index in [1.54, 1.807) is 6.07 Å². The van der Waals surface area contributed by atoms with Crippen LogP contribution in [0.1, 0.15) is 37.3 Å². The van der Waals surface area contributed by atoms with E-state index in [0.29, 0.717) is 4.47 Å². The molecule has 1 aromatic carbocycles. The van der Waals surface area contributed by atoms with E-state index in [2.05, 4.69) is 21.2 Å². The van der Waals surface area contributed by atoms with Crippen molar-refractivity contribution >= 4 is 21.9 Å². The molecule has 0 radical (unpaired) electrons. The van der Waals surface area contributed by atoms with E-state index in [4.69, 9.17) is 0 Å². The first-order valence-corrected chi connectivity index (χ1v) is 6.81. The van der Waals surface area contributed by atoms with E-state index >= 15 is 0 Å². The maximum Gasteiger partial charge on any atom is 0.325 e. The van der Waals surface area contributed by atoms with Crippen molar-refractivity contribution in [2.45, 2.75) is 37.8 Å². The van der Waals surface area contributed by atoms with Gasteiger partial charge in [0.15, 0.2) is 0 Å². The number of nitrogens with one attached hydrogen (secondary N) is 1. The molecule has 3 nitrogen and oxygen atoms in total. The monoisotopic (exact) mass is 315 g/mol. The number of carboxylic acid groups (broad SMARTS) is 1. The SMILES string of the molecule is O=C(O)C(NC1CCCC1)c1cc(Br)ccc1F. The maximum absolute atomic E-state index is 13.7. The van der Waals surface area contributed by atoms with Crippen molar-refractivity contribution in [2.24, 2.45) is 0 Å². The van der Waals surface area contributed by atoms with Crippen molar-refractivity contribution in [3.05, 3.63) is 34.1 Å². The van der Waals surface area contributed by atoms with E-state index < -0.39 is 17.8 Å². The van der Waals surface area contributed by atoms with Crippen LogP contribution in [-0.4, -0.2) is 17.1 Å². The highest BCUT2D eigenvalue weighted by molar-refractivity contribution is 9.10. The molecule has 5 heteroatoms. The molecule has 0 aliphatic heterocycles. The van der Waals surface area contributed by atoms with Crippen LogP contribution in [0, 0.1) is 5.82 Å². The van der Waals surface area contributed by atoms with Crippen LogP contribution in [0.5, 0.6) is 0 Å². The Morgan fingerprint density at radius 1 is 1.44 bits per heavy atom. The van der Waals surface area contributed by atoms with Crippen molar-refractivity contribution in [1.29, 1.82) is 0 Å². The molecule has 1 aliphatic carbocycles. The van der Waals surface area contributed by atoms with Crippen molar-refractivity contribution < 1.29 is 14.3 Å². The van der Waals surface area contributed by atoms with Gasteiger partial charge in [-0.3, -0.25) is 10.1 Å². The van der Waals surface area contributed by atoms with Crippen LogP contribution in [0.2, 0.25) is 0 Å². The van der Waals surface area contributed by atoms with Crippen molar-refractivity contribution in [1.82, 2.24) is 5.32 Å². The Morgan fingerprint density at radius 2 is 2.11 bits per heavy atom. The third-order valence-electron chi connectivity index (χ3n) is 3.27. The minimum Gasteiger partial charge on any atom is -0.480 e. The summed E-state index contributed by atoms with van der Waals surface area (Å²) in [7, 11) is 0. The molecule has 0 amide bonds. The number of aliphatic carboxylic acids is 1. The molecule has 1 unspecified atom stereocenters. The van der Waals surface area contributed by atoms with Gasteiger partial charge in [0.2, 0.25) is 0 Å². The van der Waals surface area contributed by atoms with Gasteiger partial charge in [0.05, 0.1) is 0 Å². The topological polar surface area (TPSA) is 49.3 Å². The smallest absolute Gasteiger partial charge is 0.325 e. The standard InChI is InChI=1S/C13H15BrFNO2/c14-8-5-6-11(15)10(7-8)12(13(17)18)16-9-3-1-2-4-9/h5-7,9,12,16H,1-4H2,(H,17,18). The van der Waals surface area contributed by atoms with E-state index in [1.165, 1.54) is 12.1 Å². The molecular formula is C13H15BrFNO2. The Labute approximate surface area is 114 Å². The van der Waals surface area contributed by atoms with Crippen LogP contribution >= 0.6 is 15.9 Å². The van der Waals surface area contributed by atoms with Crippen molar-refractivity contribution in [2.75, 3.05) is 0 Å². The first-order chi connectivity index (χ1) is 8.58. The second-order valence-corrected chi connectivity index (χ2v) is 5.50. The normalized spacial score (nSPS) is 17.9. The first kappa shape index (κ1) is 13.5. The summed E-state index contributed by atoms with van der Waals surface area (Å²) in [5.74, 6) is -1.53. The number of rotatable bonds is 4. The summed E-state index contributed by atoms with van der Waals surface area (Å²) in [4.78, 5) is 11.3. The van der Waals surface area contributed by atoms with Gasteiger partial charge in [0.25, 0.3) is 0 Å². The lowest BCUT2D eigenvalue weighted by Gasteiger charge is -2.20.